The second-order valence-corrected chi connectivity index (χ2v) is 5.80. The molecule has 110 valence electrons. The number of hydrogen-bond acceptors (Lipinski definition) is 3. The predicted molar refractivity (Wildman–Crippen MR) is 84.3 cm³/mol. The summed E-state index contributed by atoms with van der Waals surface area (Å²) >= 11 is 0. The van der Waals surface area contributed by atoms with E-state index in [2.05, 4.69) is 4.98 Å². The maximum Gasteiger partial charge on any atom is 0.412 e. The molecule has 0 aliphatic carbocycles. The number of aromatic nitrogens is 1. The second-order valence-electron chi connectivity index (χ2n) is 5.80. The van der Waals surface area contributed by atoms with Gasteiger partial charge in [-0.05, 0) is 44.5 Å². The van der Waals surface area contributed by atoms with Crippen LogP contribution in [-0.2, 0) is 0 Å². The molecule has 2 aromatic rings. The molecule has 0 atom stereocenters. The van der Waals surface area contributed by atoms with Crippen LogP contribution in [0.1, 0.15) is 20.8 Å². The Morgan fingerprint density at radius 3 is 2.43 bits per heavy atom. The number of hydrogen-bond donors (Lipinski definition) is 2. The van der Waals surface area contributed by atoms with Crippen molar-refractivity contribution in [3.05, 3.63) is 42.7 Å². The average molecular weight is 285 g/mol. The largest absolute Gasteiger partial charge is 0.465 e. The van der Waals surface area contributed by atoms with Gasteiger partial charge in [0.1, 0.15) is 0 Å². The van der Waals surface area contributed by atoms with Gasteiger partial charge < -0.3 is 10.8 Å². The summed E-state index contributed by atoms with van der Waals surface area (Å²) in [6.07, 6.45) is 2.42. The number of carboxylic acid groups (broad SMARTS) is 1. The van der Waals surface area contributed by atoms with Crippen LogP contribution < -0.4 is 10.6 Å². The number of anilines is 2. The average Bonchev–Trinajstić information content (AvgIpc) is 2.40. The lowest BCUT2D eigenvalue weighted by Gasteiger charge is -2.34. The minimum Gasteiger partial charge on any atom is -0.465 e. The molecular weight excluding hydrogens is 266 g/mol. The van der Waals surface area contributed by atoms with Crippen LogP contribution in [-0.4, -0.2) is 21.7 Å². The maximum absolute atomic E-state index is 11.5. The van der Waals surface area contributed by atoms with Gasteiger partial charge in [0, 0.05) is 23.5 Å². The first-order valence-corrected chi connectivity index (χ1v) is 6.64. The number of nitrogens with zero attached hydrogens (tertiary/aromatic N) is 2. The topological polar surface area (TPSA) is 79.5 Å². The van der Waals surface area contributed by atoms with E-state index in [1.165, 1.54) is 4.90 Å². The molecule has 1 aromatic carbocycles. The van der Waals surface area contributed by atoms with Crippen molar-refractivity contribution in [2.24, 2.45) is 0 Å². The lowest BCUT2D eigenvalue weighted by molar-refractivity contribution is 0.195. The zero-order valence-corrected chi connectivity index (χ0v) is 12.4. The van der Waals surface area contributed by atoms with E-state index in [1.807, 2.05) is 39.0 Å². The van der Waals surface area contributed by atoms with Gasteiger partial charge in [-0.25, -0.2) is 4.79 Å². The fraction of sp³-hybridized carbons (Fsp3) is 0.250. The van der Waals surface area contributed by atoms with Gasteiger partial charge in [0.15, 0.2) is 0 Å². The zero-order chi connectivity index (χ0) is 15.6. The summed E-state index contributed by atoms with van der Waals surface area (Å²) in [6.45, 7) is 5.49. The maximum atomic E-state index is 11.5. The molecule has 0 saturated carbocycles. The summed E-state index contributed by atoms with van der Waals surface area (Å²) < 4.78 is 0. The number of nitrogens with two attached hydrogens (primary N) is 1. The predicted octanol–water partition coefficient (Wildman–Crippen LogP) is 3.61. The number of amides is 1. The van der Waals surface area contributed by atoms with Crippen molar-refractivity contribution in [2.75, 3.05) is 10.6 Å². The van der Waals surface area contributed by atoms with E-state index < -0.39 is 11.6 Å². The highest BCUT2D eigenvalue weighted by Gasteiger charge is 2.29. The van der Waals surface area contributed by atoms with E-state index in [-0.39, 0.29) is 0 Å². The van der Waals surface area contributed by atoms with Gasteiger partial charge in [0.2, 0.25) is 0 Å². The third-order valence-corrected chi connectivity index (χ3v) is 3.13. The monoisotopic (exact) mass is 285 g/mol. The molecule has 0 saturated heterocycles. The molecule has 5 nitrogen and oxygen atoms in total. The first kappa shape index (κ1) is 14.8. The minimum absolute atomic E-state index is 0.425. The molecular formula is C16H19N3O2. The van der Waals surface area contributed by atoms with Crippen LogP contribution in [0.3, 0.4) is 0 Å². The van der Waals surface area contributed by atoms with Gasteiger partial charge >= 0.3 is 6.09 Å². The van der Waals surface area contributed by atoms with Crippen LogP contribution in [0.25, 0.3) is 11.1 Å². The summed E-state index contributed by atoms with van der Waals surface area (Å²) in [6, 6.07) is 9.13. The van der Waals surface area contributed by atoms with Crippen LogP contribution in [0.4, 0.5) is 16.2 Å². The van der Waals surface area contributed by atoms with E-state index in [9.17, 15) is 9.90 Å². The highest BCUT2D eigenvalue weighted by Crippen LogP contribution is 2.33. The van der Waals surface area contributed by atoms with Gasteiger partial charge in [-0.3, -0.25) is 9.88 Å². The first-order valence-electron chi connectivity index (χ1n) is 6.64. The number of rotatable bonds is 2. The molecule has 1 amide bonds. The normalized spacial score (nSPS) is 11.2. The van der Waals surface area contributed by atoms with Gasteiger partial charge in [-0.15, -0.1) is 0 Å². The fourth-order valence-electron chi connectivity index (χ4n) is 2.22. The minimum atomic E-state index is -1.02. The van der Waals surface area contributed by atoms with Crippen LogP contribution in [0.5, 0.6) is 0 Å². The SMILES string of the molecule is CC(C)(C)N(C(=O)O)c1ccc(-c2cccnc2)cc1N. The highest BCUT2D eigenvalue weighted by molar-refractivity contribution is 5.92. The molecule has 1 aromatic heterocycles. The Kier molecular flexibility index (Phi) is 3.84. The first-order chi connectivity index (χ1) is 9.80. The Labute approximate surface area is 124 Å². The number of nitrogen functional groups attached to an aromatic ring is 1. The van der Waals surface area contributed by atoms with Crippen molar-refractivity contribution < 1.29 is 9.90 Å². The van der Waals surface area contributed by atoms with Crippen molar-refractivity contribution >= 4 is 17.5 Å². The summed E-state index contributed by atoms with van der Waals surface area (Å²) in [5, 5.41) is 9.43. The Bertz CT molecular complexity index is 648. The van der Waals surface area contributed by atoms with E-state index in [0.29, 0.717) is 11.4 Å². The molecule has 0 bridgehead atoms. The summed E-state index contributed by atoms with van der Waals surface area (Å²) in [5.74, 6) is 0. The van der Waals surface area contributed by atoms with Crippen LogP contribution in [0, 0.1) is 0 Å². The summed E-state index contributed by atoms with van der Waals surface area (Å²) in [4.78, 5) is 16.9. The van der Waals surface area contributed by atoms with Crippen LogP contribution >= 0.6 is 0 Å². The fourth-order valence-corrected chi connectivity index (χ4v) is 2.22. The third kappa shape index (κ3) is 3.13. The molecule has 21 heavy (non-hydrogen) atoms. The molecule has 0 radical (unpaired) electrons. The Hall–Kier alpha value is -2.56. The van der Waals surface area contributed by atoms with E-state index in [0.717, 1.165) is 11.1 Å². The summed E-state index contributed by atoms with van der Waals surface area (Å²) in [5.41, 5.74) is 8.25. The van der Waals surface area contributed by atoms with Crippen LogP contribution in [0.2, 0.25) is 0 Å². The third-order valence-electron chi connectivity index (χ3n) is 3.13. The molecule has 2 rings (SSSR count). The summed E-state index contributed by atoms with van der Waals surface area (Å²) in [7, 11) is 0. The molecule has 0 aliphatic rings. The van der Waals surface area contributed by atoms with E-state index >= 15 is 0 Å². The smallest absolute Gasteiger partial charge is 0.412 e. The lowest BCUT2D eigenvalue weighted by Crippen LogP contribution is -2.45. The molecule has 5 heteroatoms. The standard InChI is InChI=1S/C16H19N3O2/c1-16(2,3)19(15(20)21)14-7-6-11(9-13(14)17)12-5-4-8-18-10-12/h4-10H,17H2,1-3H3,(H,20,21). The Morgan fingerprint density at radius 2 is 1.95 bits per heavy atom. The molecule has 0 aliphatic heterocycles. The number of benzene rings is 1. The van der Waals surface area contributed by atoms with E-state index in [4.69, 9.17) is 5.73 Å². The van der Waals surface area contributed by atoms with Gasteiger partial charge in [0.25, 0.3) is 0 Å². The molecule has 0 unspecified atom stereocenters. The van der Waals surface area contributed by atoms with Crippen molar-refractivity contribution in [1.82, 2.24) is 4.98 Å². The van der Waals surface area contributed by atoms with Crippen molar-refractivity contribution in [3.63, 3.8) is 0 Å². The van der Waals surface area contributed by atoms with E-state index in [1.54, 1.807) is 24.5 Å². The molecule has 0 fully saturated rings. The molecule has 3 N–H and O–H groups in total. The quantitative estimate of drug-likeness (QED) is 0.826. The highest BCUT2D eigenvalue weighted by atomic mass is 16.4. The van der Waals surface area contributed by atoms with Crippen LogP contribution in [0.15, 0.2) is 42.7 Å². The van der Waals surface area contributed by atoms with Crippen molar-refractivity contribution in [2.45, 2.75) is 26.3 Å². The Balaban J connectivity index is 2.46. The molecule has 1 heterocycles. The van der Waals surface area contributed by atoms with Crippen molar-refractivity contribution in [1.29, 1.82) is 0 Å². The number of pyridine rings is 1. The lowest BCUT2D eigenvalue weighted by atomic mass is 10.0. The van der Waals surface area contributed by atoms with Gasteiger partial charge in [0.05, 0.1) is 11.4 Å². The Morgan fingerprint density at radius 1 is 1.24 bits per heavy atom. The zero-order valence-electron chi connectivity index (χ0n) is 12.4. The second kappa shape index (κ2) is 5.44. The van der Waals surface area contributed by atoms with Gasteiger partial charge in [-0.1, -0.05) is 12.1 Å². The molecule has 0 spiro atoms. The van der Waals surface area contributed by atoms with Gasteiger partial charge in [-0.2, -0.15) is 0 Å². The van der Waals surface area contributed by atoms with Crippen molar-refractivity contribution in [3.8, 4) is 11.1 Å². The number of carbonyl (C=O) groups is 1.